The van der Waals surface area contributed by atoms with E-state index in [1.165, 1.54) is 12.8 Å². The number of hydrogen-bond donors (Lipinski definition) is 2. The van der Waals surface area contributed by atoms with Gasteiger partial charge in [0.25, 0.3) is 0 Å². The molecule has 1 atom stereocenters. The Kier molecular flexibility index (Phi) is 3.97. The number of nitrogens with zero attached hydrogens (tertiary/aromatic N) is 2. The molecule has 2 rings (SSSR count). The van der Waals surface area contributed by atoms with Crippen LogP contribution in [0.5, 0.6) is 0 Å². The Hall–Kier alpha value is -0.160. The third-order valence-electron chi connectivity index (χ3n) is 3.28. The van der Waals surface area contributed by atoms with Crippen molar-refractivity contribution >= 4 is 0 Å². The van der Waals surface area contributed by atoms with Crippen LogP contribution in [0.3, 0.4) is 0 Å². The fourth-order valence-corrected chi connectivity index (χ4v) is 1.98. The van der Waals surface area contributed by atoms with Gasteiger partial charge in [-0.05, 0) is 19.9 Å². The first kappa shape index (κ1) is 11.3. The Morgan fingerprint density at radius 3 is 2.53 bits per heavy atom. The summed E-state index contributed by atoms with van der Waals surface area (Å²) in [6.45, 7) is 6.03. The van der Waals surface area contributed by atoms with Crippen LogP contribution in [-0.4, -0.2) is 73.4 Å². The Bertz CT molecular complexity index is 188. The molecule has 88 valence electrons. The molecule has 0 aromatic heterocycles. The summed E-state index contributed by atoms with van der Waals surface area (Å²) in [7, 11) is 2.16. The van der Waals surface area contributed by atoms with Crippen LogP contribution < -0.4 is 5.32 Å². The first-order valence-electron chi connectivity index (χ1n) is 6.06. The van der Waals surface area contributed by atoms with Crippen LogP contribution in [0.25, 0.3) is 0 Å². The van der Waals surface area contributed by atoms with Crippen molar-refractivity contribution in [1.29, 1.82) is 0 Å². The van der Waals surface area contributed by atoms with E-state index in [-0.39, 0.29) is 6.10 Å². The van der Waals surface area contributed by atoms with Gasteiger partial charge in [0.2, 0.25) is 0 Å². The minimum Gasteiger partial charge on any atom is -0.390 e. The van der Waals surface area contributed by atoms with Gasteiger partial charge in [0.1, 0.15) is 0 Å². The number of nitrogens with one attached hydrogen (secondary N) is 1. The van der Waals surface area contributed by atoms with Gasteiger partial charge in [-0.25, -0.2) is 0 Å². The van der Waals surface area contributed by atoms with Gasteiger partial charge in [-0.2, -0.15) is 0 Å². The Morgan fingerprint density at radius 2 is 1.93 bits per heavy atom. The van der Waals surface area contributed by atoms with E-state index in [4.69, 9.17) is 0 Å². The van der Waals surface area contributed by atoms with Crippen LogP contribution in [-0.2, 0) is 0 Å². The van der Waals surface area contributed by atoms with Crippen LogP contribution in [0.15, 0.2) is 0 Å². The third kappa shape index (κ3) is 4.07. The van der Waals surface area contributed by atoms with E-state index < -0.39 is 0 Å². The molecular formula is C11H23N3O. The van der Waals surface area contributed by atoms with E-state index in [1.807, 2.05) is 0 Å². The van der Waals surface area contributed by atoms with Gasteiger partial charge in [-0.1, -0.05) is 0 Å². The van der Waals surface area contributed by atoms with Crippen LogP contribution >= 0.6 is 0 Å². The van der Waals surface area contributed by atoms with Crippen molar-refractivity contribution in [2.24, 2.45) is 0 Å². The molecule has 4 nitrogen and oxygen atoms in total. The van der Waals surface area contributed by atoms with E-state index in [0.29, 0.717) is 6.04 Å². The monoisotopic (exact) mass is 213 g/mol. The number of aliphatic hydroxyl groups is 1. The van der Waals surface area contributed by atoms with Gasteiger partial charge in [0.15, 0.2) is 0 Å². The predicted molar refractivity (Wildman–Crippen MR) is 61.0 cm³/mol. The average molecular weight is 213 g/mol. The number of hydrogen-bond acceptors (Lipinski definition) is 4. The van der Waals surface area contributed by atoms with Crippen molar-refractivity contribution < 1.29 is 5.11 Å². The highest BCUT2D eigenvalue weighted by Gasteiger charge is 2.22. The molecular weight excluding hydrogens is 190 g/mol. The van der Waals surface area contributed by atoms with Gasteiger partial charge >= 0.3 is 0 Å². The maximum Gasteiger partial charge on any atom is 0.0791 e. The van der Waals surface area contributed by atoms with E-state index in [2.05, 4.69) is 22.2 Å². The first-order valence-corrected chi connectivity index (χ1v) is 6.06. The minimum absolute atomic E-state index is 0.200. The molecule has 0 spiro atoms. The summed E-state index contributed by atoms with van der Waals surface area (Å²) < 4.78 is 0. The van der Waals surface area contributed by atoms with Crippen molar-refractivity contribution in [3.63, 3.8) is 0 Å². The molecule has 0 bridgehead atoms. The second-order valence-electron chi connectivity index (χ2n) is 4.94. The highest BCUT2D eigenvalue weighted by atomic mass is 16.3. The molecule has 0 aromatic carbocycles. The van der Waals surface area contributed by atoms with Gasteiger partial charge in [0.05, 0.1) is 6.10 Å². The number of β-amino-alcohol motifs (C(OH)–C–C–N with tert-alkyl or cyclic N) is 1. The maximum absolute atomic E-state index is 9.83. The lowest BCUT2D eigenvalue weighted by atomic mass is 10.2. The number of likely N-dealkylation sites (N-methyl/N-ethyl adjacent to an activating group) is 1. The largest absolute Gasteiger partial charge is 0.390 e. The van der Waals surface area contributed by atoms with Gasteiger partial charge in [-0.15, -0.1) is 0 Å². The van der Waals surface area contributed by atoms with Crippen LogP contribution in [0.4, 0.5) is 0 Å². The molecule has 15 heavy (non-hydrogen) atoms. The van der Waals surface area contributed by atoms with Crippen LogP contribution in [0, 0.1) is 0 Å². The topological polar surface area (TPSA) is 38.7 Å². The molecule has 0 radical (unpaired) electrons. The fourth-order valence-electron chi connectivity index (χ4n) is 1.98. The summed E-state index contributed by atoms with van der Waals surface area (Å²) in [6.07, 6.45) is 2.39. The molecule has 1 saturated carbocycles. The molecule has 2 aliphatic rings. The highest BCUT2D eigenvalue weighted by Crippen LogP contribution is 2.18. The zero-order chi connectivity index (χ0) is 10.7. The van der Waals surface area contributed by atoms with Crippen LogP contribution in [0.1, 0.15) is 12.8 Å². The lowest BCUT2D eigenvalue weighted by Gasteiger charge is -2.33. The molecule has 4 heteroatoms. The molecule has 0 aromatic rings. The van der Waals surface area contributed by atoms with E-state index >= 15 is 0 Å². The molecule has 2 N–H and O–H groups in total. The summed E-state index contributed by atoms with van der Waals surface area (Å²) in [4.78, 5) is 4.70. The van der Waals surface area contributed by atoms with Crippen molar-refractivity contribution in [2.45, 2.75) is 25.0 Å². The molecule has 1 aliphatic carbocycles. The number of piperazine rings is 1. The molecule has 1 saturated heterocycles. The summed E-state index contributed by atoms with van der Waals surface area (Å²) >= 11 is 0. The van der Waals surface area contributed by atoms with Crippen LogP contribution in [0.2, 0.25) is 0 Å². The van der Waals surface area contributed by atoms with Crippen molar-refractivity contribution in [3.05, 3.63) is 0 Å². The van der Waals surface area contributed by atoms with Gasteiger partial charge in [0, 0.05) is 45.3 Å². The van der Waals surface area contributed by atoms with Crippen molar-refractivity contribution in [2.75, 3.05) is 46.3 Å². The van der Waals surface area contributed by atoms with Crippen molar-refractivity contribution in [3.8, 4) is 0 Å². The standard InChI is InChI=1S/C11H23N3O/c1-13-4-6-14(7-5-13)9-11(15)8-12-10-2-3-10/h10-12,15H,2-9H2,1H3/t11-/m1/s1. The lowest BCUT2D eigenvalue weighted by molar-refractivity contribution is 0.0800. The SMILES string of the molecule is CN1CCN(C[C@H](O)CNC2CC2)CC1. The average Bonchev–Trinajstić information content (AvgIpc) is 3.02. The molecule has 1 heterocycles. The Labute approximate surface area is 92.2 Å². The third-order valence-corrected chi connectivity index (χ3v) is 3.28. The molecule has 2 fully saturated rings. The second-order valence-corrected chi connectivity index (χ2v) is 4.94. The normalized spacial score (nSPS) is 26.8. The highest BCUT2D eigenvalue weighted by molar-refractivity contribution is 4.82. The second kappa shape index (κ2) is 5.25. The minimum atomic E-state index is -0.200. The molecule has 1 aliphatic heterocycles. The number of aliphatic hydroxyl groups excluding tert-OH is 1. The van der Waals surface area contributed by atoms with E-state index in [1.54, 1.807) is 0 Å². The van der Waals surface area contributed by atoms with Gasteiger partial charge in [-0.3, -0.25) is 4.90 Å². The smallest absolute Gasteiger partial charge is 0.0791 e. The van der Waals surface area contributed by atoms with E-state index in [0.717, 1.165) is 39.3 Å². The lowest BCUT2D eigenvalue weighted by Crippen LogP contribution is -2.48. The quantitative estimate of drug-likeness (QED) is 0.636. The zero-order valence-electron chi connectivity index (χ0n) is 9.65. The molecule has 0 unspecified atom stereocenters. The Morgan fingerprint density at radius 1 is 1.27 bits per heavy atom. The van der Waals surface area contributed by atoms with Gasteiger partial charge < -0.3 is 15.3 Å². The fraction of sp³-hybridized carbons (Fsp3) is 1.00. The Balaban J connectivity index is 1.58. The maximum atomic E-state index is 9.83. The summed E-state index contributed by atoms with van der Waals surface area (Å²) in [6, 6.07) is 0.701. The molecule has 0 amide bonds. The van der Waals surface area contributed by atoms with E-state index in [9.17, 15) is 5.11 Å². The zero-order valence-corrected chi connectivity index (χ0v) is 9.65. The van der Waals surface area contributed by atoms with Crippen molar-refractivity contribution in [1.82, 2.24) is 15.1 Å². The predicted octanol–water partition coefficient (Wildman–Crippen LogP) is -0.653. The summed E-state index contributed by atoms with van der Waals surface area (Å²) in [5.74, 6) is 0. The number of rotatable bonds is 5. The first-order chi connectivity index (χ1) is 7.24. The summed E-state index contributed by atoms with van der Waals surface area (Å²) in [5.41, 5.74) is 0. The summed E-state index contributed by atoms with van der Waals surface area (Å²) in [5, 5.41) is 13.2.